The Hall–Kier alpha value is -2.37. The molecule has 3 aromatic carbocycles. The van der Waals surface area contributed by atoms with Crippen LogP contribution in [-0.4, -0.2) is 60.4 Å². The Bertz CT molecular complexity index is 1090. The summed E-state index contributed by atoms with van der Waals surface area (Å²) in [4.78, 5) is 20.4. The fourth-order valence-corrected chi connectivity index (χ4v) is 4.99. The van der Waals surface area contributed by atoms with Crippen LogP contribution in [-0.2, 0) is 17.9 Å². The van der Waals surface area contributed by atoms with Gasteiger partial charge in [0.1, 0.15) is 0 Å². The van der Waals surface area contributed by atoms with Crippen molar-refractivity contribution in [1.82, 2.24) is 14.7 Å². The van der Waals surface area contributed by atoms with Gasteiger partial charge >= 0.3 is 0 Å². The molecule has 1 atom stereocenters. The van der Waals surface area contributed by atoms with Gasteiger partial charge in [0.25, 0.3) is 0 Å². The van der Waals surface area contributed by atoms with Crippen molar-refractivity contribution >= 4 is 29.1 Å². The lowest BCUT2D eigenvalue weighted by Gasteiger charge is -2.35. The molecule has 0 saturated carbocycles. The molecule has 1 heterocycles. The quantitative estimate of drug-likeness (QED) is 0.356. The number of benzene rings is 3. The average Bonchev–Trinajstić information content (AvgIpc) is 2.88. The molecular formula is C29H33Cl2N3O. The first-order valence-corrected chi connectivity index (χ1v) is 13.0. The van der Waals surface area contributed by atoms with E-state index in [1.54, 1.807) is 6.07 Å². The number of hydrogen-bond acceptors (Lipinski definition) is 3. The van der Waals surface area contributed by atoms with Crippen LogP contribution in [0.1, 0.15) is 29.0 Å². The fourth-order valence-electron chi connectivity index (χ4n) is 4.69. The number of hydrogen-bond donors (Lipinski definition) is 0. The van der Waals surface area contributed by atoms with Gasteiger partial charge in [-0.2, -0.15) is 0 Å². The largest absolute Gasteiger partial charge is 0.341 e. The van der Waals surface area contributed by atoms with Crippen LogP contribution in [0, 0.1) is 0 Å². The van der Waals surface area contributed by atoms with E-state index in [0.29, 0.717) is 16.6 Å². The molecule has 0 aromatic heterocycles. The van der Waals surface area contributed by atoms with Gasteiger partial charge in [-0.15, -0.1) is 0 Å². The molecule has 0 spiro atoms. The van der Waals surface area contributed by atoms with E-state index in [0.717, 1.165) is 56.8 Å². The second-order valence-electron chi connectivity index (χ2n) is 9.30. The Morgan fingerprint density at radius 1 is 0.829 bits per heavy atom. The van der Waals surface area contributed by atoms with E-state index in [2.05, 4.69) is 40.1 Å². The van der Waals surface area contributed by atoms with Crippen molar-refractivity contribution < 1.29 is 4.79 Å². The normalized spacial score (nSPS) is 15.6. The standard InChI is InChI=1S/C29H33Cl2N3O/c1-32(21-23-8-4-2-5-9-23)29(35)26(25-12-13-27(30)28(31)20-25)14-15-33-16-18-34(19-17-33)22-24-10-6-3-7-11-24/h2-13,20,26H,14-19,21-22H2,1H3/t26-/m0/s1. The molecule has 1 aliphatic heterocycles. The minimum absolute atomic E-state index is 0.106. The molecule has 1 amide bonds. The lowest BCUT2D eigenvalue weighted by atomic mass is 9.93. The summed E-state index contributed by atoms with van der Waals surface area (Å²) in [7, 11) is 1.88. The van der Waals surface area contributed by atoms with Crippen LogP contribution in [0.15, 0.2) is 78.9 Å². The third-order valence-electron chi connectivity index (χ3n) is 6.73. The molecule has 0 bridgehead atoms. The van der Waals surface area contributed by atoms with E-state index >= 15 is 0 Å². The first-order valence-electron chi connectivity index (χ1n) is 12.2. The number of nitrogens with zero attached hydrogens (tertiary/aromatic N) is 3. The number of carbonyl (C=O) groups is 1. The van der Waals surface area contributed by atoms with Crippen LogP contribution in [0.3, 0.4) is 0 Å². The molecule has 4 nitrogen and oxygen atoms in total. The summed E-state index contributed by atoms with van der Waals surface area (Å²) >= 11 is 12.5. The van der Waals surface area contributed by atoms with Crippen LogP contribution < -0.4 is 0 Å². The molecule has 3 aromatic rings. The Balaban J connectivity index is 1.38. The summed E-state index contributed by atoms with van der Waals surface area (Å²) < 4.78 is 0. The Morgan fingerprint density at radius 2 is 1.43 bits per heavy atom. The van der Waals surface area contributed by atoms with Gasteiger partial charge in [0.15, 0.2) is 0 Å². The number of carbonyl (C=O) groups excluding carboxylic acids is 1. The van der Waals surface area contributed by atoms with Crippen molar-refractivity contribution in [1.29, 1.82) is 0 Å². The fraction of sp³-hybridized carbons (Fsp3) is 0.345. The molecule has 0 aliphatic carbocycles. The molecule has 0 N–H and O–H groups in total. The molecule has 1 saturated heterocycles. The minimum atomic E-state index is -0.263. The Kier molecular flexibility index (Phi) is 9.22. The molecule has 0 radical (unpaired) electrons. The average molecular weight is 511 g/mol. The lowest BCUT2D eigenvalue weighted by molar-refractivity contribution is -0.132. The van der Waals surface area contributed by atoms with E-state index < -0.39 is 0 Å². The van der Waals surface area contributed by atoms with Gasteiger partial charge in [0, 0.05) is 46.3 Å². The third kappa shape index (κ3) is 7.31. The van der Waals surface area contributed by atoms with Crippen molar-refractivity contribution in [3.8, 4) is 0 Å². The van der Waals surface area contributed by atoms with Crippen LogP contribution >= 0.6 is 23.2 Å². The lowest BCUT2D eigenvalue weighted by Crippen LogP contribution is -2.46. The number of halogens is 2. The van der Waals surface area contributed by atoms with Crippen molar-refractivity contribution in [3.05, 3.63) is 106 Å². The predicted octanol–water partition coefficient (Wildman–Crippen LogP) is 5.94. The first-order chi connectivity index (χ1) is 17.0. The SMILES string of the molecule is CN(Cc1ccccc1)C(=O)[C@@H](CCN1CCN(Cc2ccccc2)CC1)c1ccc(Cl)c(Cl)c1. The second kappa shape index (κ2) is 12.5. The Morgan fingerprint density at radius 3 is 2.06 bits per heavy atom. The molecule has 6 heteroatoms. The van der Waals surface area contributed by atoms with E-state index in [4.69, 9.17) is 23.2 Å². The predicted molar refractivity (Wildman–Crippen MR) is 145 cm³/mol. The molecular weight excluding hydrogens is 477 g/mol. The Labute approximate surface area is 219 Å². The van der Waals surface area contributed by atoms with Crippen molar-refractivity contribution in [2.45, 2.75) is 25.4 Å². The number of amides is 1. The zero-order chi connectivity index (χ0) is 24.6. The van der Waals surface area contributed by atoms with Gasteiger partial charge in [-0.1, -0.05) is 89.9 Å². The zero-order valence-electron chi connectivity index (χ0n) is 20.2. The molecule has 35 heavy (non-hydrogen) atoms. The topological polar surface area (TPSA) is 26.8 Å². The van der Waals surface area contributed by atoms with Gasteiger partial charge in [-0.05, 0) is 41.8 Å². The summed E-state index contributed by atoms with van der Waals surface area (Å²) in [5, 5.41) is 0.996. The maximum atomic E-state index is 13.6. The van der Waals surface area contributed by atoms with E-state index in [-0.39, 0.29) is 11.8 Å². The highest BCUT2D eigenvalue weighted by molar-refractivity contribution is 6.42. The van der Waals surface area contributed by atoms with Gasteiger partial charge in [0.05, 0.1) is 16.0 Å². The van der Waals surface area contributed by atoms with Crippen LogP contribution in [0.25, 0.3) is 0 Å². The first kappa shape index (κ1) is 25.7. The van der Waals surface area contributed by atoms with Crippen LogP contribution in [0.5, 0.6) is 0 Å². The number of likely N-dealkylation sites (N-methyl/N-ethyl adjacent to an activating group) is 1. The molecule has 1 fully saturated rings. The van der Waals surface area contributed by atoms with Gasteiger partial charge in [-0.25, -0.2) is 0 Å². The maximum Gasteiger partial charge on any atom is 0.230 e. The summed E-state index contributed by atoms with van der Waals surface area (Å²) in [6.45, 7) is 6.53. The highest BCUT2D eigenvalue weighted by atomic mass is 35.5. The second-order valence-corrected chi connectivity index (χ2v) is 10.1. The van der Waals surface area contributed by atoms with Crippen molar-refractivity contribution in [2.75, 3.05) is 39.8 Å². The van der Waals surface area contributed by atoms with E-state index in [1.807, 2.05) is 54.4 Å². The molecule has 4 rings (SSSR count). The number of piperazine rings is 1. The van der Waals surface area contributed by atoms with Crippen LogP contribution in [0.4, 0.5) is 0 Å². The van der Waals surface area contributed by atoms with Gasteiger partial charge in [-0.3, -0.25) is 9.69 Å². The van der Waals surface area contributed by atoms with Crippen LogP contribution in [0.2, 0.25) is 10.0 Å². The summed E-state index contributed by atoms with van der Waals surface area (Å²) in [6.07, 6.45) is 0.745. The monoisotopic (exact) mass is 509 g/mol. The zero-order valence-corrected chi connectivity index (χ0v) is 21.8. The summed E-state index contributed by atoms with van der Waals surface area (Å²) in [5.74, 6) is -0.157. The molecule has 0 unspecified atom stereocenters. The number of rotatable bonds is 9. The van der Waals surface area contributed by atoms with E-state index in [1.165, 1.54) is 5.56 Å². The molecule has 184 valence electrons. The van der Waals surface area contributed by atoms with Gasteiger partial charge in [0.2, 0.25) is 5.91 Å². The van der Waals surface area contributed by atoms with Crippen molar-refractivity contribution in [3.63, 3.8) is 0 Å². The summed E-state index contributed by atoms with van der Waals surface area (Å²) in [6, 6.07) is 26.3. The highest BCUT2D eigenvalue weighted by Gasteiger charge is 2.26. The van der Waals surface area contributed by atoms with Crippen molar-refractivity contribution in [2.24, 2.45) is 0 Å². The van der Waals surface area contributed by atoms with Gasteiger partial charge < -0.3 is 9.80 Å². The highest BCUT2D eigenvalue weighted by Crippen LogP contribution is 2.30. The van der Waals surface area contributed by atoms with E-state index in [9.17, 15) is 4.79 Å². The third-order valence-corrected chi connectivity index (χ3v) is 7.47. The minimum Gasteiger partial charge on any atom is -0.341 e. The molecule has 1 aliphatic rings. The smallest absolute Gasteiger partial charge is 0.230 e. The summed E-state index contributed by atoms with van der Waals surface area (Å²) in [5.41, 5.74) is 3.39. The maximum absolute atomic E-state index is 13.6.